The lowest BCUT2D eigenvalue weighted by Crippen LogP contribution is -2.31. The van der Waals surface area contributed by atoms with Crippen molar-refractivity contribution in [3.63, 3.8) is 0 Å². The molecule has 0 saturated heterocycles. The van der Waals surface area contributed by atoms with Crippen LogP contribution in [-0.4, -0.2) is 32.7 Å². The van der Waals surface area contributed by atoms with E-state index < -0.39 is 4.92 Å². The number of hydrogen-bond acceptors (Lipinski definition) is 8. The Labute approximate surface area is 199 Å². The van der Waals surface area contributed by atoms with Crippen LogP contribution in [0, 0.1) is 10.1 Å². The second-order valence-electron chi connectivity index (χ2n) is 8.00. The number of non-ortho nitro benzene ring substituents is 1. The topological polar surface area (TPSA) is 112 Å². The van der Waals surface area contributed by atoms with Crippen LogP contribution in [-0.2, 0) is 6.42 Å². The van der Waals surface area contributed by atoms with E-state index in [0.29, 0.717) is 27.3 Å². The van der Waals surface area contributed by atoms with Crippen molar-refractivity contribution in [1.82, 2.24) is 19.9 Å². The van der Waals surface area contributed by atoms with Gasteiger partial charge in [-0.15, -0.1) is 5.10 Å². The number of aromatic nitrogens is 3. The summed E-state index contributed by atoms with van der Waals surface area (Å²) in [5, 5.41) is 18.9. The van der Waals surface area contributed by atoms with E-state index in [4.69, 9.17) is 4.74 Å². The number of nitrogens with one attached hydrogen (secondary N) is 1. The first-order valence-corrected chi connectivity index (χ1v) is 11.7. The fourth-order valence-corrected chi connectivity index (χ4v) is 4.51. The van der Waals surface area contributed by atoms with Gasteiger partial charge in [0.1, 0.15) is 5.75 Å². The predicted octanol–water partition coefficient (Wildman–Crippen LogP) is 3.29. The monoisotopic (exact) mass is 479 g/mol. The van der Waals surface area contributed by atoms with Crippen LogP contribution < -0.4 is 20.1 Å². The van der Waals surface area contributed by atoms with Gasteiger partial charge in [0, 0.05) is 30.6 Å². The molecule has 2 aromatic carbocycles. The molecule has 10 heteroatoms. The van der Waals surface area contributed by atoms with Crippen molar-refractivity contribution in [3.05, 3.63) is 90.5 Å². The van der Waals surface area contributed by atoms with Crippen molar-refractivity contribution >= 4 is 28.1 Å². The molecule has 1 N–H and O–H groups in total. The van der Waals surface area contributed by atoms with E-state index in [9.17, 15) is 14.9 Å². The molecule has 9 nitrogen and oxygen atoms in total. The lowest BCUT2D eigenvalue weighted by molar-refractivity contribution is -0.384. The highest BCUT2D eigenvalue weighted by molar-refractivity contribution is 7.15. The van der Waals surface area contributed by atoms with E-state index in [0.717, 1.165) is 17.7 Å². The minimum Gasteiger partial charge on any atom is -0.497 e. The second kappa shape index (κ2) is 10.1. The maximum Gasteiger partial charge on any atom is 0.291 e. The molecule has 0 aliphatic rings. The number of nitrogens with zero attached hydrogens (tertiary/aromatic N) is 4. The molecule has 2 unspecified atom stereocenters. The zero-order valence-electron chi connectivity index (χ0n) is 19.1. The van der Waals surface area contributed by atoms with Gasteiger partial charge in [-0.25, -0.2) is 4.98 Å². The highest BCUT2D eigenvalue weighted by Crippen LogP contribution is 2.23. The quantitative estimate of drug-likeness (QED) is 0.290. The molecule has 0 aliphatic heterocycles. The molecule has 176 valence electrons. The Morgan fingerprint density at radius 2 is 2.03 bits per heavy atom. The smallest absolute Gasteiger partial charge is 0.291 e. The molecule has 34 heavy (non-hydrogen) atoms. The fraction of sp³-hybridized carbons (Fsp3) is 0.292. The van der Waals surface area contributed by atoms with Crippen LogP contribution in [0.15, 0.2) is 53.3 Å². The Morgan fingerprint density at radius 3 is 2.68 bits per heavy atom. The summed E-state index contributed by atoms with van der Waals surface area (Å²) in [6, 6.07) is 14.2. The first-order chi connectivity index (χ1) is 16.4. The Kier molecular flexibility index (Phi) is 6.99. The van der Waals surface area contributed by atoms with Crippen LogP contribution in [0.5, 0.6) is 5.75 Å². The molecule has 0 radical (unpaired) electrons. The molecular formula is C24H25N5O4S. The molecule has 0 amide bonds. The number of nitro groups is 1. The van der Waals surface area contributed by atoms with Gasteiger partial charge in [0.25, 0.3) is 11.2 Å². The second-order valence-corrected chi connectivity index (χ2v) is 9.01. The number of fused-ring (bicyclic) bond motifs is 1. The molecule has 4 rings (SSSR count). The first-order valence-electron chi connectivity index (χ1n) is 10.9. The number of methoxy groups -OCH3 is 1. The van der Waals surface area contributed by atoms with Crippen molar-refractivity contribution in [2.24, 2.45) is 0 Å². The normalized spacial score (nSPS) is 13.8. The molecule has 2 atom stereocenters. The zero-order chi connectivity index (χ0) is 24.2. The maximum atomic E-state index is 12.9. The van der Waals surface area contributed by atoms with Gasteiger partial charge in [0.05, 0.1) is 16.6 Å². The van der Waals surface area contributed by atoms with E-state index >= 15 is 0 Å². The molecule has 0 bridgehead atoms. The zero-order valence-corrected chi connectivity index (χ0v) is 19.9. The Hall–Kier alpha value is -3.63. The number of nitro benzene ring substituents is 1. The van der Waals surface area contributed by atoms with Crippen LogP contribution in [0.25, 0.3) is 11.0 Å². The number of benzene rings is 2. The summed E-state index contributed by atoms with van der Waals surface area (Å²) in [6.07, 6.45) is 3.18. The highest BCUT2D eigenvalue weighted by Gasteiger charge is 2.19. The third-order valence-corrected chi connectivity index (χ3v) is 6.57. The van der Waals surface area contributed by atoms with Gasteiger partial charge in [-0.3, -0.25) is 14.9 Å². The van der Waals surface area contributed by atoms with E-state index in [-0.39, 0.29) is 23.3 Å². The van der Waals surface area contributed by atoms with Crippen molar-refractivity contribution < 1.29 is 9.66 Å². The summed E-state index contributed by atoms with van der Waals surface area (Å²) in [7, 11) is 1.64. The van der Waals surface area contributed by atoms with Crippen molar-refractivity contribution in [1.29, 1.82) is 0 Å². The summed E-state index contributed by atoms with van der Waals surface area (Å²) in [4.78, 5) is 28.4. The molecule has 2 aromatic heterocycles. The van der Waals surface area contributed by atoms with E-state index in [1.165, 1.54) is 28.0 Å². The SMILES string of the molecule is CCC(C)NC(Cc1nc2s/c(=C\c3ccc([N+](=O)[O-])cc3)c(=O)n2n1)c1cccc(OC)c1. The first kappa shape index (κ1) is 23.5. The van der Waals surface area contributed by atoms with Crippen LogP contribution in [0.3, 0.4) is 0 Å². The van der Waals surface area contributed by atoms with Crippen LogP contribution in [0.1, 0.15) is 43.3 Å². The molecule has 2 heterocycles. The van der Waals surface area contributed by atoms with Crippen LogP contribution in [0.4, 0.5) is 5.69 Å². The predicted molar refractivity (Wildman–Crippen MR) is 131 cm³/mol. The van der Waals surface area contributed by atoms with Crippen molar-refractivity contribution in [2.75, 3.05) is 7.11 Å². The largest absolute Gasteiger partial charge is 0.497 e. The maximum absolute atomic E-state index is 12.9. The lowest BCUT2D eigenvalue weighted by Gasteiger charge is -2.22. The molecule has 4 aromatic rings. The summed E-state index contributed by atoms with van der Waals surface area (Å²) in [5.41, 5.74) is 1.50. The number of thiazole rings is 1. The Bertz CT molecular complexity index is 1410. The minimum absolute atomic E-state index is 0.00313. The number of ether oxygens (including phenoxy) is 1. The van der Waals surface area contributed by atoms with Crippen LogP contribution >= 0.6 is 11.3 Å². The van der Waals surface area contributed by atoms with Crippen molar-refractivity contribution in [3.8, 4) is 5.75 Å². The molecule has 0 aliphatic carbocycles. The summed E-state index contributed by atoms with van der Waals surface area (Å²) in [5.74, 6) is 1.36. The number of hydrogen-bond donors (Lipinski definition) is 1. The van der Waals surface area contributed by atoms with Gasteiger partial charge < -0.3 is 10.1 Å². The number of rotatable bonds is 9. The van der Waals surface area contributed by atoms with E-state index in [1.807, 2.05) is 24.3 Å². The highest BCUT2D eigenvalue weighted by atomic mass is 32.1. The lowest BCUT2D eigenvalue weighted by atomic mass is 10.0. The fourth-order valence-electron chi connectivity index (χ4n) is 3.58. The standard InChI is InChI=1S/C24H25N5O4S/c1-4-15(2)25-20(17-6-5-7-19(13-17)33-3)14-22-26-24-28(27-22)23(30)21(34-24)12-16-8-10-18(11-9-16)29(31)32/h5-13,15,20,25H,4,14H2,1-3H3/b21-12-. The average Bonchev–Trinajstić information content (AvgIpc) is 3.36. The Balaban J connectivity index is 1.62. The molecule has 0 spiro atoms. The average molecular weight is 480 g/mol. The van der Waals surface area contributed by atoms with Gasteiger partial charge in [0.15, 0.2) is 5.82 Å². The van der Waals surface area contributed by atoms with Gasteiger partial charge in [-0.05, 0) is 54.8 Å². The van der Waals surface area contributed by atoms with Crippen LogP contribution in [0.2, 0.25) is 0 Å². The molecule has 0 fully saturated rings. The summed E-state index contributed by atoms with van der Waals surface area (Å²) in [6.45, 7) is 4.25. The third-order valence-electron chi connectivity index (χ3n) is 5.61. The van der Waals surface area contributed by atoms with Gasteiger partial charge in [-0.1, -0.05) is 30.4 Å². The summed E-state index contributed by atoms with van der Waals surface area (Å²) >= 11 is 1.24. The molecule has 0 saturated carbocycles. The van der Waals surface area contributed by atoms with Crippen molar-refractivity contribution in [2.45, 2.75) is 38.8 Å². The van der Waals surface area contributed by atoms with E-state index in [1.54, 1.807) is 25.3 Å². The third kappa shape index (κ3) is 5.13. The van der Waals surface area contributed by atoms with E-state index in [2.05, 4.69) is 29.2 Å². The van der Waals surface area contributed by atoms with Gasteiger partial charge >= 0.3 is 0 Å². The molecular weight excluding hydrogens is 454 g/mol. The minimum atomic E-state index is -0.456. The summed E-state index contributed by atoms with van der Waals surface area (Å²) < 4.78 is 7.17. The van der Waals surface area contributed by atoms with Gasteiger partial charge in [0.2, 0.25) is 4.96 Å². The van der Waals surface area contributed by atoms with Gasteiger partial charge in [-0.2, -0.15) is 4.52 Å². The Morgan fingerprint density at radius 1 is 1.26 bits per heavy atom.